The van der Waals surface area contributed by atoms with E-state index in [4.69, 9.17) is 28.3 Å². The number of halogens is 2. The molecular weight excluding hydrogens is 365 g/mol. The molecule has 0 aliphatic carbocycles. The Kier molecular flexibility index (Phi) is 5.01. The highest BCUT2D eigenvalue weighted by Gasteiger charge is 2.28. The molecule has 1 aliphatic rings. The maximum atomic E-state index is 12.7. The molecule has 0 spiro atoms. The predicted octanol–water partition coefficient (Wildman–Crippen LogP) is 3.67. The van der Waals surface area contributed by atoms with Crippen LogP contribution in [0.1, 0.15) is 45.3 Å². The second-order valence-corrected chi connectivity index (χ2v) is 6.83. The van der Waals surface area contributed by atoms with Crippen LogP contribution in [0.4, 0.5) is 0 Å². The number of aromatic carboxylic acids is 1. The van der Waals surface area contributed by atoms with Crippen molar-refractivity contribution in [2.75, 3.05) is 13.1 Å². The zero-order valence-electron chi connectivity index (χ0n) is 13.6. The number of carboxylic acid groups (broad SMARTS) is 1. The summed E-state index contributed by atoms with van der Waals surface area (Å²) < 4.78 is 1.74. The lowest BCUT2D eigenvalue weighted by Gasteiger charge is -2.33. The minimum absolute atomic E-state index is 0.0684. The molecule has 2 aromatic rings. The van der Waals surface area contributed by atoms with Gasteiger partial charge in [0.1, 0.15) is 5.56 Å². The fourth-order valence-corrected chi connectivity index (χ4v) is 3.73. The van der Waals surface area contributed by atoms with E-state index in [1.165, 1.54) is 6.20 Å². The molecule has 1 aliphatic heterocycles. The predicted molar refractivity (Wildman–Crippen MR) is 94.6 cm³/mol. The van der Waals surface area contributed by atoms with Crippen molar-refractivity contribution >= 4 is 35.1 Å². The average molecular weight is 382 g/mol. The van der Waals surface area contributed by atoms with Crippen molar-refractivity contribution < 1.29 is 14.7 Å². The molecule has 1 N–H and O–H groups in total. The normalized spacial score (nSPS) is 15.4. The van der Waals surface area contributed by atoms with E-state index in [-0.39, 0.29) is 17.5 Å². The van der Waals surface area contributed by atoms with Gasteiger partial charge in [0.15, 0.2) is 0 Å². The SMILES string of the molecule is Cc1c(C(=O)O)cnn1C1CCN(C(=O)c2c(Cl)cccc2Cl)CC1. The summed E-state index contributed by atoms with van der Waals surface area (Å²) in [6, 6.07) is 5.06. The Hall–Kier alpha value is -2.05. The van der Waals surface area contributed by atoms with Crippen LogP contribution >= 0.6 is 23.2 Å². The third kappa shape index (κ3) is 3.37. The van der Waals surface area contributed by atoms with E-state index >= 15 is 0 Å². The molecular formula is C17H17Cl2N3O3. The summed E-state index contributed by atoms with van der Waals surface area (Å²) in [7, 11) is 0. The van der Waals surface area contributed by atoms with Gasteiger partial charge in [0.05, 0.1) is 33.5 Å². The van der Waals surface area contributed by atoms with Crippen molar-refractivity contribution in [2.24, 2.45) is 0 Å². The van der Waals surface area contributed by atoms with Crippen molar-refractivity contribution in [3.63, 3.8) is 0 Å². The van der Waals surface area contributed by atoms with Crippen LogP contribution in [0.5, 0.6) is 0 Å². The molecule has 1 aromatic heterocycles. The van der Waals surface area contributed by atoms with E-state index in [2.05, 4.69) is 5.10 Å². The Balaban J connectivity index is 1.72. The van der Waals surface area contributed by atoms with Crippen LogP contribution in [-0.2, 0) is 0 Å². The van der Waals surface area contributed by atoms with Crippen molar-refractivity contribution in [1.82, 2.24) is 14.7 Å². The van der Waals surface area contributed by atoms with E-state index in [9.17, 15) is 9.59 Å². The van der Waals surface area contributed by atoms with Crippen LogP contribution < -0.4 is 0 Å². The van der Waals surface area contributed by atoms with Gasteiger partial charge in [0.2, 0.25) is 0 Å². The lowest BCUT2D eigenvalue weighted by Crippen LogP contribution is -2.39. The number of carbonyl (C=O) groups excluding carboxylic acids is 1. The Morgan fingerprint density at radius 2 is 1.80 bits per heavy atom. The maximum absolute atomic E-state index is 12.7. The van der Waals surface area contributed by atoms with Crippen LogP contribution in [0.3, 0.4) is 0 Å². The first-order valence-corrected chi connectivity index (χ1v) is 8.66. The van der Waals surface area contributed by atoms with Crippen LogP contribution in [-0.4, -0.2) is 44.8 Å². The maximum Gasteiger partial charge on any atom is 0.339 e. The molecule has 1 amide bonds. The van der Waals surface area contributed by atoms with Crippen LogP contribution in [0, 0.1) is 6.92 Å². The summed E-state index contributed by atoms with van der Waals surface area (Å²) in [5, 5.41) is 14.0. The first-order valence-electron chi connectivity index (χ1n) is 7.91. The van der Waals surface area contributed by atoms with Gasteiger partial charge >= 0.3 is 5.97 Å². The molecule has 1 saturated heterocycles. The highest BCUT2D eigenvalue weighted by atomic mass is 35.5. The van der Waals surface area contributed by atoms with Gasteiger partial charge in [-0.25, -0.2) is 4.79 Å². The molecule has 25 heavy (non-hydrogen) atoms. The monoisotopic (exact) mass is 381 g/mol. The Morgan fingerprint density at radius 3 is 2.32 bits per heavy atom. The molecule has 1 fully saturated rings. The van der Waals surface area contributed by atoms with Crippen LogP contribution in [0.25, 0.3) is 0 Å². The van der Waals surface area contributed by atoms with Gasteiger partial charge < -0.3 is 10.0 Å². The van der Waals surface area contributed by atoms with Crippen molar-refractivity contribution in [3.8, 4) is 0 Å². The summed E-state index contributed by atoms with van der Waals surface area (Å²) in [5.74, 6) is -1.16. The third-order valence-electron chi connectivity index (χ3n) is 4.55. The molecule has 0 unspecified atom stereocenters. The lowest BCUT2D eigenvalue weighted by atomic mass is 10.0. The number of piperidine rings is 1. The van der Waals surface area contributed by atoms with E-state index < -0.39 is 5.97 Å². The highest BCUT2D eigenvalue weighted by Crippen LogP contribution is 2.29. The molecule has 2 heterocycles. The van der Waals surface area contributed by atoms with E-state index in [1.54, 1.807) is 34.7 Å². The molecule has 8 heteroatoms. The van der Waals surface area contributed by atoms with Crippen LogP contribution in [0.15, 0.2) is 24.4 Å². The smallest absolute Gasteiger partial charge is 0.339 e. The molecule has 3 rings (SSSR count). The lowest BCUT2D eigenvalue weighted by molar-refractivity contribution is 0.0688. The average Bonchev–Trinajstić information content (AvgIpc) is 2.96. The van der Waals surface area contributed by atoms with Gasteiger partial charge in [0, 0.05) is 13.1 Å². The Morgan fingerprint density at radius 1 is 1.20 bits per heavy atom. The Labute approximate surface area is 154 Å². The number of hydrogen-bond acceptors (Lipinski definition) is 3. The molecule has 0 atom stereocenters. The fraction of sp³-hybridized carbons (Fsp3) is 0.353. The van der Waals surface area contributed by atoms with Crippen molar-refractivity contribution in [3.05, 3.63) is 51.3 Å². The molecule has 0 saturated carbocycles. The molecule has 0 bridgehead atoms. The number of hydrogen-bond donors (Lipinski definition) is 1. The van der Waals surface area contributed by atoms with Gasteiger partial charge in [-0.15, -0.1) is 0 Å². The molecule has 132 valence electrons. The van der Waals surface area contributed by atoms with Crippen LogP contribution in [0.2, 0.25) is 10.0 Å². The zero-order valence-corrected chi connectivity index (χ0v) is 15.1. The van der Waals surface area contributed by atoms with E-state index in [0.717, 1.165) is 0 Å². The Bertz CT molecular complexity index is 806. The molecule has 0 radical (unpaired) electrons. The van der Waals surface area contributed by atoms with Gasteiger partial charge in [-0.1, -0.05) is 29.3 Å². The zero-order chi connectivity index (χ0) is 18.1. The second kappa shape index (κ2) is 7.06. The van der Waals surface area contributed by atoms with Gasteiger partial charge in [-0.2, -0.15) is 5.10 Å². The summed E-state index contributed by atoms with van der Waals surface area (Å²) in [4.78, 5) is 25.6. The summed E-state index contributed by atoms with van der Waals surface area (Å²) in [6.45, 7) is 2.82. The molecule has 6 nitrogen and oxygen atoms in total. The summed E-state index contributed by atoms with van der Waals surface area (Å²) in [5.41, 5.74) is 1.17. The van der Waals surface area contributed by atoms with Crippen molar-refractivity contribution in [2.45, 2.75) is 25.8 Å². The van der Waals surface area contributed by atoms with E-state index in [0.29, 0.717) is 47.2 Å². The fourth-order valence-electron chi connectivity index (χ4n) is 3.18. The number of amides is 1. The third-order valence-corrected chi connectivity index (χ3v) is 5.18. The first kappa shape index (κ1) is 17.8. The topological polar surface area (TPSA) is 75.4 Å². The highest BCUT2D eigenvalue weighted by molar-refractivity contribution is 6.39. The first-order chi connectivity index (χ1) is 11.9. The van der Waals surface area contributed by atoms with Crippen molar-refractivity contribution in [1.29, 1.82) is 0 Å². The number of carboxylic acids is 1. The van der Waals surface area contributed by atoms with E-state index in [1.807, 2.05) is 0 Å². The largest absolute Gasteiger partial charge is 0.478 e. The number of likely N-dealkylation sites (tertiary alicyclic amines) is 1. The second-order valence-electron chi connectivity index (χ2n) is 6.01. The molecule has 1 aromatic carbocycles. The number of nitrogens with zero attached hydrogens (tertiary/aromatic N) is 3. The standard InChI is InChI=1S/C17H17Cl2N3O3/c1-10-12(17(24)25)9-20-22(10)11-5-7-21(8-6-11)16(23)15-13(18)3-2-4-14(15)19/h2-4,9,11H,5-8H2,1H3,(H,24,25). The van der Waals surface area contributed by atoms with Gasteiger partial charge in [-0.05, 0) is 31.9 Å². The number of carbonyl (C=O) groups is 2. The van der Waals surface area contributed by atoms with Gasteiger partial charge in [-0.3, -0.25) is 9.48 Å². The number of aromatic nitrogens is 2. The number of benzene rings is 1. The quantitative estimate of drug-likeness (QED) is 0.879. The minimum atomic E-state index is -0.982. The minimum Gasteiger partial charge on any atom is -0.478 e. The number of rotatable bonds is 3. The summed E-state index contributed by atoms with van der Waals surface area (Å²) in [6.07, 6.45) is 2.75. The summed E-state index contributed by atoms with van der Waals surface area (Å²) >= 11 is 12.2. The van der Waals surface area contributed by atoms with Gasteiger partial charge in [0.25, 0.3) is 5.91 Å².